The molecular weight excluding hydrogens is 942 g/mol. The van der Waals surface area contributed by atoms with Crippen molar-refractivity contribution in [1.29, 1.82) is 0 Å². The number of hydrogen-bond donors (Lipinski definition) is 0. The van der Waals surface area contributed by atoms with E-state index in [4.69, 9.17) is 28.7 Å². The lowest BCUT2D eigenvalue weighted by Crippen LogP contribution is -2.40. The van der Waals surface area contributed by atoms with E-state index in [0.29, 0.717) is 60.0 Å². The third-order valence-corrected chi connectivity index (χ3v) is 10.6. The maximum absolute atomic E-state index is 14.4. The number of halogens is 3. The van der Waals surface area contributed by atoms with Gasteiger partial charge >= 0.3 is 11.9 Å². The van der Waals surface area contributed by atoms with Gasteiger partial charge in [0.2, 0.25) is 0 Å². The standard InChI is InChI=1S/C35H31BrI2N2O8S/c1-6-46-33(42)20-10-8-19(9-11-20)17-48-31-21(12-22(37)14-25(31)38)13-28-32(41)40-30(23-15-26(44-4)27(45-5)16-24(23)36)29(34(43)47-7-2)18(3)39-35(40)49-28/h8-16,30H,6-7,17H2,1-5H3/b28-13-/t30-/m1/s1. The highest BCUT2D eigenvalue weighted by atomic mass is 127. The van der Waals surface area contributed by atoms with E-state index in [1.165, 1.54) is 30.1 Å². The Hall–Kier alpha value is -3.22. The molecule has 256 valence electrons. The number of nitrogens with zero attached hydrogens (tertiary/aromatic N) is 2. The summed E-state index contributed by atoms with van der Waals surface area (Å²) in [6.45, 7) is 5.92. The van der Waals surface area contributed by atoms with Gasteiger partial charge in [-0.1, -0.05) is 39.4 Å². The summed E-state index contributed by atoms with van der Waals surface area (Å²) >= 11 is 9.31. The molecule has 1 aliphatic heterocycles. The summed E-state index contributed by atoms with van der Waals surface area (Å²) in [5.41, 5.74) is 2.98. The number of rotatable bonds is 11. The molecule has 1 aromatic heterocycles. The molecule has 0 saturated carbocycles. The first kappa shape index (κ1) is 37.0. The van der Waals surface area contributed by atoms with Gasteiger partial charge in [0.05, 0.1) is 58.4 Å². The number of aromatic nitrogens is 1. The summed E-state index contributed by atoms with van der Waals surface area (Å²) < 4.78 is 32.3. The fourth-order valence-corrected chi connectivity index (χ4v) is 8.88. The zero-order valence-corrected chi connectivity index (χ0v) is 33.8. The Bertz CT molecular complexity index is 2140. The monoisotopic (exact) mass is 972 g/mol. The molecule has 0 radical (unpaired) electrons. The van der Waals surface area contributed by atoms with Crippen LogP contribution in [0.1, 0.15) is 53.9 Å². The van der Waals surface area contributed by atoms with Crippen molar-refractivity contribution < 1.29 is 33.3 Å². The molecule has 3 aromatic carbocycles. The Balaban J connectivity index is 1.62. The van der Waals surface area contributed by atoms with E-state index in [0.717, 1.165) is 12.7 Å². The maximum Gasteiger partial charge on any atom is 0.338 e. The molecule has 0 N–H and O–H groups in total. The third-order valence-electron chi connectivity index (χ3n) is 7.49. The van der Waals surface area contributed by atoms with E-state index >= 15 is 0 Å². The van der Waals surface area contributed by atoms with Crippen LogP contribution in [0.5, 0.6) is 17.2 Å². The normalized spacial score (nSPS) is 14.2. The lowest BCUT2D eigenvalue weighted by Gasteiger charge is -2.26. The van der Waals surface area contributed by atoms with E-state index in [1.54, 1.807) is 51.1 Å². The number of thiazole rings is 1. The molecule has 2 heterocycles. The minimum Gasteiger partial charge on any atom is -0.493 e. The minimum absolute atomic E-state index is 0.156. The molecule has 0 fully saturated rings. The maximum atomic E-state index is 14.4. The highest BCUT2D eigenvalue weighted by molar-refractivity contribution is 14.1. The van der Waals surface area contributed by atoms with Crippen LogP contribution in [0.25, 0.3) is 6.08 Å². The van der Waals surface area contributed by atoms with Crippen LogP contribution in [0.4, 0.5) is 0 Å². The average Bonchev–Trinajstić information content (AvgIpc) is 3.37. The van der Waals surface area contributed by atoms with Crippen molar-refractivity contribution in [3.63, 3.8) is 0 Å². The van der Waals surface area contributed by atoms with Crippen LogP contribution < -0.4 is 29.1 Å². The first-order chi connectivity index (χ1) is 23.5. The molecule has 1 atom stereocenters. The molecule has 14 heteroatoms. The van der Waals surface area contributed by atoms with Gasteiger partial charge in [-0.25, -0.2) is 14.6 Å². The first-order valence-electron chi connectivity index (χ1n) is 15.0. The Morgan fingerprint density at radius 3 is 2.29 bits per heavy atom. The van der Waals surface area contributed by atoms with Crippen molar-refractivity contribution in [3.05, 3.63) is 113 Å². The van der Waals surface area contributed by atoms with Gasteiger partial charge in [0, 0.05) is 13.6 Å². The molecule has 49 heavy (non-hydrogen) atoms. The molecule has 1 aliphatic rings. The first-order valence-corrected chi connectivity index (χ1v) is 18.8. The van der Waals surface area contributed by atoms with Crippen molar-refractivity contribution in [1.82, 2.24) is 4.57 Å². The van der Waals surface area contributed by atoms with Gasteiger partial charge in [0.1, 0.15) is 12.4 Å². The Labute approximate surface area is 322 Å². The zero-order valence-electron chi connectivity index (χ0n) is 27.1. The van der Waals surface area contributed by atoms with Gasteiger partial charge < -0.3 is 23.7 Å². The second-order valence-electron chi connectivity index (χ2n) is 10.5. The number of ether oxygens (including phenoxy) is 5. The number of hydrogen-bond acceptors (Lipinski definition) is 10. The van der Waals surface area contributed by atoms with Crippen LogP contribution in [-0.4, -0.2) is 43.9 Å². The molecule has 0 saturated heterocycles. The second kappa shape index (κ2) is 16.2. The van der Waals surface area contributed by atoms with Gasteiger partial charge in [-0.05, 0) is 120 Å². The number of benzene rings is 3. The highest BCUT2D eigenvalue weighted by Gasteiger charge is 2.35. The Kier molecular flexibility index (Phi) is 12.3. The summed E-state index contributed by atoms with van der Waals surface area (Å²) in [4.78, 5) is 45.0. The molecule has 0 spiro atoms. The van der Waals surface area contributed by atoms with Crippen molar-refractivity contribution in [2.24, 2.45) is 4.99 Å². The highest BCUT2D eigenvalue weighted by Crippen LogP contribution is 2.41. The largest absolute Gasteiger partial charge is 0.493 e. The Morgan fingerprint density at radius 1 is 0.980 bits per heavy atom. The lowest BCUT2D eigenvalue weighted by molar-refractivity contribution is -0.139. The Morgan fingerprint density at radius 2 is 1.63 bits per heavy atom. The minimum atomic E-state index is -0.865. The van der Waals surface area contributed by atoms with Crippen molar-refractivity contribution in [2.75, 3.05) is 27.4 Å². The van der Waals surface area contributed by atoms with Crippen LogP contribution in [0, 0.1) is 7.14 Å². The van der Waals surface area contributed by atoms with Crippen LogP contribution in [0.2, 0.25) is 0 Å². The summed E-state index contributed by atoms with van der Waals surface area (Å²) in [5.74, 6) is 0.578. The summed E-state index contributed by atoms with van der Waals surface area (Å²) in [6, 6.07) is 13.6. The van der Waals surface area contributed by atoms with E-state index in [1.807, 2.05) is 24.3 Å². The van der Waals surface area contributed by atoms with Crippen LogP contribution in [0.15, 0.2) is 74.1 Å². The number of carbonyl (C=O) groups excluding carboxylic acids is 2. The van der Waals surface area contributed by atoms with E-state index < -0.39 is 12.0 Å². The number of methoxy groups -OCH3 is 2. The SMILES string of the molecule is CCOC(=O)C1=C(C)N=c2s/c(=C\c3cc(I)cc(I)c3OCc3ccc(C(=O)OCC)cc3)c(=O)n2[C@@H]1c1cc(OC)c(OC)cc1Br. The topological polar surface area (TPSA) is 115 Å². The zero-order chi connectivity index (χ0) is 35.4. The van der Waals surface area contributed by atoms with Crippen molar-refractivity contribution in [2.45, 2.75) is 33.4 Å². The number of fused-ring (bicyclic) bond motifs is 1. The van der Waals surface area contributed by atoms with Crippen molar-refractivity contribution >= 4 is 90.5 Å². The number of esters is 2. The summed E-state index contributed by atoms with van der Waals surface area (Å²) in [7, 11) is 3.06. The molecule has 5 rings (SSSR count). The van der Waals surface area contributed by atoms with Crippen LogP contribution in [0.3, 0.4) is 0 Å². The number of allylic oxidation sites excluding steroid dienone is 1. The van der Waals surface area contributed by atoms with Crippen LogP contribution in [-0.2, 0) is 20.9 Å². The van der Waals surface area contributed by atoms with Gasteiger partial charge in [0.15, 0.2) is 16.3 Å². The average molecular weight is 973 g/mol. The molecule has 0 bridgehead atoms. The fourth-order valence-electron chi connectivity index (χ4n) is 5.25. The van der Waals surface area contributed by atoms with Gasteiger partial charge in [-0.3, -0.25) is 9.36 Å². The molecule has 0 unspecified atom stereocenters. The third kappa shape index (κ3) is 7.91. The van der Waals surface area contributed by atoms with E-state index in [-0.39, 0.29) is 30.3 Å². The number of carbonyl (C=O) groups is 2. The van der Waals surface area contributed by atoms with E-state index in [9.17, 15) is 14.4 Å². The van der Waals surface area contributed by atoms with Gasteiger partial charge in [-0.2, -0.15) is 0 Å². The van der Waals surface area contributed by atoms with Gasteiger partial charge in [-0.15, -0.1) is 0 Å². The smallest absolute Gasteiger partial charge is 0.338 e. The molecule has 0 amide bonds. The van der Waals surface area contributed by atoms with Crippen molar-refractivity contribution in [3.8, 4) is 17.2 Å². The molecule has 4 aromatic rings. The second-order valence-corrected chi connectivity index (χ2v) is 14.8. The van der Waals surface area contributed by atoms with E-state index in [2.05, 4.69) is 61.1 Å². The summed E-state index contributed by atoms with van der Waals surface area (Å²) in [5, 5.41) is 0. The predicted molar refractivity (Wildman–Crippen MR) is 206 cm³/mol. The predicted octanol–water partition coefficient (Wildman–Crippen LogP) is 6.54. The molecular formula is C35H31BrI2N2O8S. The van der Waals surface area contributed by atoms with Gasteiger partial charge in [0.25, 0.3) is 5.56 Å². The van der Waals surface area contributed by atoms with Crippen LogP contribution >= 0.6 is 72.4 Å². The fraction of sp³-hybridized carbons (Fsp3) is 0.257. The molecule has 0 aliphatic carbocycles. The summed E-state index contributed by atoms with van der Waals surface area (Å²) in [6.07, 6.45) is 1.79. The molecule has 10 nitrogen and oxygen atoms in total. The lowest BCUT2D eigenvalue weighted by atomic mass is 9.95. The quantitative estimate of drug-likeness (QED) is 0.123.